The summed E-state index contributed by atoms with van der Waals surface area (Å²) >= 11 is 0. The molecule has 0 radical (unpaired) electrons. The summed E-state index contributed by atoms with van der Waals surface area (Å²) in [6.07, 6.45) is -0.435. The second kappa shape index (κ2) is 7.16. The van der Waals surface area contributed by atoms with E-state index in [9.17, 15) is 4.79 Å². The number of amides is 1. The number of hydrogen-bond acceptors (Lipinski definition) is 3. The van der Waals surface area contributed by atoms with Gasteiger partial charge < -0.3 is 10.1 Å². The number of rotatable bonds is 2. The average Bonchev–Trinajstić information content (AvgIpc) is 2.25. The standard InChI is InChI=1S/C15H20N2O2.ClH/c1-10-6-12(8-16)7-11(2)13(10)9-17-14(18)19-15(3,4)5;/h6-7H,9H2,1-5H3,(H,17,18);1H. The predicted octanol–water partition coefficient (Wildman–Crippen LogP) is 3.62. The number of nitriles is 1. The monoisotopic (exact) mass is 296 g/mol. The third kappa shape index (κ3) is 5.50. The van der Waals surface area contributed by atoms with Gasteiger partial charge in [0.2, 0.25) is 0 Å². The second-order valence-electron chi connectivity index (χ2n) is 5.56. The van der Waals surface area contributed by atoms with E-state index in [1.165, 1.54) is 0 Å². The molecule has 110 valence electrons. The third-order valence-corrected chi connectivity index (χ3v) is 2.63. The lowest BCUT2D eigenvalue weighted by Crippen LogP contribution is -2.32. The van der Waals surface area contributed by atoms with Crippen molar-refractivity contribution in [3.8, 4) is 6.07 Å². The molecule has 0 atom stereocenters. The van der Waals surface area contributed by atoms with E-state index in [-0.39, 0.29) is 12.4 Å². The van der Waals surface area contributed by atoms with E-state index >= 15 is 0 Å². The molecule has 0 aliphatic rings. The van der Waals surface area contributed by atoms with Crippen LogP contribution >= 0.6 is 12.4 Å². The van der Waals surface area contributed by atoms with Crippen LogP contribution < -0.4 is 5.32 Å². The molecular weight excluding hydrogens is 276 g/mol. The van der Waals surface area contributed by atoms with Gasteiger partial charge in [0.15, 0.2) is 0 Å². The molecule has 0 heterocycles. The van der Waals surface area contributed by atoms with Crippen molar-refractivity contribution in [3.63, 3.8) is 0 Å². The molecule has 0 saturated heterocycles. The molecule has 0 spiro atoms. The Bertz CT molecular complexity index is 505. The second-order valence-corrected chi connectivity index (χ2v) is 5.56. The quantitative estimate of drug-likeness (QED) is 0.906. The Morgan fingerprint density at radius 3 is 2.20 bits per heavy atom. The maximum absolute atomic E-state index is 11.6. The molecule has 1 amide bonds. The van der Waals surface area contributed by atoms with Gasteiger partial charge in [0, 0.05) is 6.54 Å². The van der Waals surface area contributed by atoms with Crippen molar-refractivity contribution in [3.05, 3.63) is 34.4 Å². The van der Waals surface area contributed by atoms with Gasteiger partial charge in [-0.1, -0.05) is 0 Å². The Morgan fingerprint density at radius 2 is 1.80 bits per heavy atom. The van der Waals surface area contributed by atoms with Crippen LogP contribution in [-0.2, 0) is 11.3 Å². The van der Waals surface area contributed by atoms with E-state index in [0.29, 0.717) is 12.1 Å². The Balaban J connectivity index is 0.00000361. The Hall–Kier alpha value is -1.73. The predicted molar refractivity (Wildman–Crippen MR) is 81.0 cm³/mol. The van der Waals surface area contributed by atoms with Gasteiger partial charge in [-0.05, 0) is 63.4 Å². The lowest BCUT2D eigenvalue weighted by molar-refractivity contribution is 0.0523. The van der Waals surface area contributed by atoms with Gasteiger partial charge in [0.05, 0.1) is 11.6 Å². The molecule has 0 bridgehead atoms. The molecule has 0 saturated carbocycles. The van der Waals surface area contributed by atoms with Crippen molar-refractivity contribution in [1.29, 1.82) is 5.26 Å². The van der Waals surface area contributed by atoms with Crippen LogP contribution in [0.1, 0.15) is 43.0 Å². The molecule has 0 aliphatic heterocycles. The van der Waals surface area contributed by atoms with Gasteiger partial charge in [0.25, 0.3) is 0 Å². The highest BCUT2D eigenvalue weighted by Gasteiger charge is 2.16. The minimum atomic E-state index is -0.501. The number of aryl methyl sites for hydroxylation is 2. The average molecular weight is 297 g/mol. The first kappa shape index (κ1) is 18.3. The van der Waals surface area contributed by atoms with Crippen molar-refractivity contribution in [1.82, 2.24) is 5.32 Å². The molecule has 1 rings (SSSR count). The van der Waals surface area contributed by atoms with Gasteiger partial charge in [-0.25, -0.2) is 4.79 Å². The summed E-state index contributed by atoms with van der Waals surface area (Å²) in [6, 6.07) is 5.76. The van der Waals surface area contributed by atoms with E-state index in [0.717, 1.165) is 16.7 Å². The molecule has 1 N–H and O–H groups in total. The van der Waals surface area contributed by atoms with Crippen molar-refractivity contribution < 1.29 is 9.53 Å². The summed E-state index contributed by atoms with van der Waals surface area (Å²) in [5, 5.41) is 11.6. The number of hydrogen-bond donors (Lipinski definition) is 1. The number of halogens is 1. The van der Waals surface area contributed by atoms with Gasteiger partial charge in [-0.15, -0.1) is 12.4 Å². The summed E-state index contributed by atoms with van der Waals surface area (Å²) < 4.78 is 5.18. The number of alkyl carbamates (subject to hydrolysis) is 1. The Kier molecular flexibility index (Phi) is 6.54. The van der Waals surface area contributed by atoms with E-state index in [2.05, 4.69) is 11.4 Å². The molecule has 0 aliphatic carbocycles. The van der Waals surface area contributed by atoms with E-state index < -0.39 is 11.7 Å². The van der Waals surface area contributed by atoms with Crippen molar-refractivity contribution in [2.24, 2.45) is 0 Å². The summed E-state index contributed by atoms with van der Waals surface area (Å²) in [7, 11) is 0. The lowest BCUT2D eigenvalue weighted by Gasteiger charge is -2.20. The summed E-state index contributed by atoms with van der Waals surface area (Å²) in [4.78, 5) is 11.6. The van der Waals surface area contributed by atoms with Crippen LogP contribution in [0, 0.1) is 25.2 Å². The zero-order valence-electron chi connectivity index (χ0n) is 12.5. The van der Waals surface area contributed by atoms with Crippen molar-refractivity contribution in [2.75, 3.05) is 0 Å². The van der Waals surface area contributed by atoms with Crippen LogP contribution in [-0.4, -0.2) is 11.7 Å². The molecule has 1 aromatic carbocycles. The maximum atomic E-state index is 11.6. The van der Waals surface area contributed by atoms with E-state index in [1.54, 1.807) is 0 Å². The Labute approximate surface area is 126 Å². The smallest absolute Gasteiger partial charge is 0.407 e. The van der Waals surface area contributed by atoms with E-state index in [1.807, 2.05) is 46.8 Å². The normalized spacial score (nSPS) is 10.2. The number of carbonyl (C=O) groups excluding carboxylic acids is 1. The molecular formula is C15H21ClN2O2. The van der Waals surface area contributed by atoms with Gasteiger partial charge in [-0.3, -0.25) is 0 Å². The minimum absolute atomic E-state index is 0. The van der Waals surface area contributed by atoms with Crippen molar-refractivity contribution >= 4 is 18.5 Å². The number of benzene rings is 1. The van der Waals surface area contributed by atoms with Gasteiger partial charge >= 0.3 is 6.09 Å². The van der Waals surface area contributed by atoms with Crippen LogP contribution in [0.15, 0.2) is 12.1 Å². The highest BCUT2D eigenvalue weighted by molar-refractivity contribution is 5.85. The molecule has 20 heavy (non-hydrogen) atoms. The third-order valence-electron chi connectivity index (χ3n) is 2.63. The molecule has 4 nitrogen and oxygen atoms in total. The molecule has 5 heteroatoms. The van der Waals surface area contributed by atoms with Gasteiger partial charge in [0.1, 0.15) is 5.60 Å². The number of nitrogens with one attached hydrogen (secondary N) is 1. The largest absolute Gasteiger partial charge is 0.444 e. The fourth-order valence-corrected chi connectivity index (χ4v) is 1.81. The molecule has 0 aromatic heterocycles. The van der Waals surface area contributed by atoms with Crippen LogP contribution in [0.4, 0.5) is 4.79 Å². The fraction of sp³-hybridized carbons (Fsp3) is 0.467. The summed E-state index contributed by atoms with van der Waals surface area (Å²) in [5.74, 6) is 0. The maximum Gasteiger partial charge on any atom is 0.407 e. The SMILES string of the molecule is Cc1cc(C#N)cc(C)c1CNC(=O)OC(C)(C)C.Cl. The minimum Gasteiger partial charge on any atom is -0.444 e. The van der Waals surface area contributed by atoms with E-state index in [4.69, 9.17) is 10.00 Å². The topological polar surface area (TPSA) is 62.1 Å². The van der Waals surface area contributed by atoms with Gasteiger partial charge in [-0.2, -0.15) is 5.26 Å². The first-order chi connectivity index (χ1) is 8.73. The highest BCUT2D eigenvalue weighted by Crippen LogP contribution is 2.16. The first-order valence-corrected chi connectivity index (χ1v) is 6.20. The highest BCUT2D eigenvalue weighted by atomic mass is 35.5. The summed E-state index contributed by atoms with van der Waals surface area (Å²) in [6.45, 7) is 9.73. The Morgan fingerprint density at radius 1 is 1.30 bits per heavy atom. The van der Waals surface area contributed by atoms with Crippen LogP contribution in [0.5, 0.6) is 0 Å². The zero-order chi connectivity index (χ0) is 14.6. The van der Waals surface area contributed by atoms with Crippen LogP contribution in [0.3, 0.4) is 0 Å². The van der Waals surface area contributed by atoms with Crippen molar-refractivity contribution in [2.45, 2.75) is 46.8 Å². The molecule has 0 unspecified atom stereocenters. The first-order valence-electron chi connectivity index (χ1n) is 6.20. The molecule has 0 fully saturated rings. The zero-order valence-corrected chi connectivity index (χ0v) is 13.4. The lowest BCUT2D eigenvalue weighted by atomic mass is 10.00. The number of nitrogens with zero attached hydrogens (tertiary/aromatic N) is 1. The number of carbonyl (C=O) groups is 1. The molecule has 1 aromatic rings. The van der Waals surface area contributed by atoms with Crippen LogP contribution in [0.2, 0.25) is 0 Å². The summed E-state index contributed by atoms with van der Waals surface area (Å²) in [5.41, 5.74) is 3.14. The number of ether oxygens (including phenoxy) is 1. The van der Waals surface area contributed by atoms with Crippen LogP contribution in [0.25, 0.3) is 0 Å². The fourth-order valence-electron chi connectivity index (χ4n) is 1.81.